The molecule has 2 N–H and O–H groups in total. The number of allylic oxidation sites excluding steroid dienone is 1. The number of nitrogens with one attached hydrogen (secondary N) is 2. The molecule has 0 unspecified atom stereocenters. The number of benzene rings is 2. The summed E-state index contributed by atoms with van der Waals surface area (Å²) in [5.74, 6) is -0.108. The van der Waals surface area contributed by atoms with Gasteiger partial charge >= 0.3 is 6.18 Å². The van der Waals surface area contributed by atoms with E-state index in [1.165, 1.54) is 23.5 Å². The first-order valence-electron chi connectivity index (χ1n) is 11.1. The van der Waals surface area contributed by atoms with Crippen LogP contribution in [0, 0.1) is 6.92 Å². The number of pyridine rings is 1. The summed E-state index contributed by atoms with van der Waals surface area (Å²) in [6.07, 6.45) is -0.806. The molecule has 5 rings (SSSR count). The van der Waals surface area contributed by atoms with Gasteiger partial charge in [0.2, 0.25) is 0 Å². The van der Waals surface area contributed by atoms with Gasteiger partial charge in [-0.05, 0) is 73.5 Å². The highest BCUT2D eigenvalue weighted by atomic mass is 35.5. The van der Waals surface area contributed by atoms with Crippen molar-refractivity contribution in [3.63, 3.8) is 0 Å². The molecule has 1 aliphatic carbocycles. The van der Waals surface area contributed by atoms with Crippen LogP contribution in [0.1, 0.15) is 40.2 Å². The molecule has 2 aromatic heterocycles. The quantitative estimate of drug-likeness (QED) is 0.292. The number of aromatic nitrogens is 1. The summed E-state index contributed by atoms with van der Waals surface area (Å²) >= 11 is 7.55. The first kappa shape index (κ1) is 23.6. The van der Waals surface area contributed by atoms with Crippen molar-refractivity contribution in [2.75, 3.05) is 5.32 Å². The van der Waals surface area contributed by atoms with Crippen molar-refractivity contribution in [3.05, 3.63) is 81.5 Å². The lowest BCUT2D eigenvalue weighted by atomic mass is 9.98. The Morgan fingerprint density at radius 2 is 1.97 bits per heavy atom. The molecule has 0 bridgehead atoms. The Balaban J connectivity index is 1.31. The van der Waals surface area contributed by atoms with Crippen LogP contribution in [0.3, 0.4) is 0 Å². The Hall–Kier alpha value is -3.10. The number of thiophene rings is 1. The highest BCUT2D eigenvalue weighted by Crippen LogP contribution is 2.35. The monoisotopic (exact) mass is 515 g/mol. The molecule has 0 fully saturated rings. The van der Waals surface area contributed by atoms with E-state index < -0.39 is 11.9 Å². The zero-order valence-electron chi connectivity index (χ0n) is 18.7. The summed E-state index contributed by atoms with van der Waals surface area (Å²) in [5.41, 5.74) is 1.50. The van der Waals surface area contributed by atoms with Crippen LogP contribution < -0.4 is 10.6 Å². The number of fused-ring (bicyclic) bond motifs is 2. The summed E-state index contributed by atoms with van der Waals surface area (Å²) in [4.78, 5) is 17.2. The number of anilines is 1. The minimum absolute atomic E-state index is 0.0469. The second-order valence-corrected chi connectivity index (χ2v) is 10.2. The number of carbonyl (C=O) groups excluding carboxylic acids is 1. The molecule has 0 spiro atoms. The number of hydrogen-bond acceptors (Lipinski definition) is 4. The molecule has 180 valence electrons. The van der Waals surface area contributed by atoms with E-state index in [1.807, 2.05) is 31.2 Å². The lowest BCUT2D eigenvalue weighted by Gasteiger charge is -2.24. The molecule has 9 heteroatoms. The van der Waals surface area contributed by atoms with Crippen LogP contribution in [-0.2, 0) is 6.18 Å². The maximum absolute atomic E-state index is 13.4. The minimum atomic E-state index is -4.56. The Morgan fingerprint density at radius 1 is 1.14 bits per heavy atom. The summed E-state index contributed by atoms with van der Waals surface area (Å²) in [5, 5.41) is 8.20. The molecule has 2 heterocycles. The summed E-state index contributed by atoms with van der Waals surface area (Å²) in [6.45, 7) is 2.02. The molecular formula is C26H21ClF3N3OS. The number of carbonyl (C=O) groups is 1. The lowest BCUT2D eigenvalue weighted by molar-refractivity contribution is -0.140. The molecule has 35 heavy (non-hydrogen) atoms. The molecule has 0 saturated heterocycles. The topological polar surface area (TPSA) is 54.0 Å². The third-order valence-electron chi connectivity index (χ3n) is 6.00. The van der Waals surface area contributed by atoms with E-state index in [-0.39, 0.29) is 17.5 Å². The highest BCUT2D eigenvalue weighted by molar-refractivity contribution is 7.20. The molecule has 4 aromatic rings. The van der Waals surface area contributed by atoms with Gasteiger partial charge < -0.3 is 10.6 Å². The fourth-order valence-electron chi connectivity index (χ4n) is 4.21. The fraction of sp³-hybridized carbons (Fsp3) is 0.231. The van der Waals surface area contributed by atoms with Crippen LogP contribution >= 0.6 is 22.9 Å². The molecule has 1 atom stereocenters. The van der Waals surface area contributed by atoms with E-state index in [2.05, 4.69) is 21.7 Å². The van der Waals surface area contributed by atoms with Crippen LogP contribution in [0.15, 0.2) is 60.3 Å². The van der Waals surface area contributed by atoms with Gasteiger partial charge in [0.15, 0.2) is 0 Å². The van der Waals surface area contributed by atoms with Crippen molar-refractivity contribution in [3.8, 4) is 0 Å². The standard InChI is InChI=1S/C26H21ClF3N3OS/c1-14-2-3-15-11-23(35-22(15)10-14)25(34)32-18-7-5-17(6-8-18)31-21-13-24(26(28,29)30)33-20-9-4-16(27)12-19(20)21/h2-5,9-13,18H,6-8H2,1H3,(H,31,33)(H,32,34)/t18-/m1/s1. The molecule has 0 saturated carbocycles. The van der Waals surface area contributed by atoms with Crippen molar-refractivity contribution >= 4 is 55.5 Å². The van der Waals surface area contributed by atoms with Gasteiger partial charge in [-0.1, -0.05) is 29.8 Å². The Labute approximate surface area is 208 Å². The molecule has 4 nitrogen and oxygen atoms in total. The van der Waals surface area contributed by atoms with E-state index in [0.29, 0.717) is 40.2 Å². The second-order valence-electron chi connectivity index (χ2n) is 8.67. The van der Waals surface area contributed by atoms with Crippen molar-refractivity contribution in [2.24, 2.45) is 0 Å². The smallest absolute Gasteiger partial charge is 0.359 e. The van der Waals surface area contributed by atoms with Gasteiger partial charge in [0.05, 0.1) is 10.4 Å². The Kier molecular flexibility index (Phi) is 6.19. The predicted molar refractivity (Wildman–Crippen MR) is 135 cm³/mol. The first-order valence-corrected chi connectivity index (χ1v) is 12.3. The van der Waals surface area contributed by atoms with E-state index in [1.54, 1.807) is 6.07 Å². The van der Waals surface area contributed by atoms with Gasteiger partial charge in [-0.15, -0.1) is 11.3 Å². The number of rotatable bonds is 4. The van der Waals surface area contributed by atoms with Gasteiger partial charge in [0.1, 0.15) is 5.69 Å². The van der Waals surface area contributed by atoms with E-state index in [0.717, 1.165) is 27.4 Å². The number of amides is 1. The fourth-order valence-corrected chi connectivity index (χ4v) is 5.44. The maximum atomic E-state index is 13.4. The van der Waals surface area contributed by atoms with Crippen molar-refractivity contribution in [1.82, 2.24) is 10.3 Å². The van der Waals surface area contributed by atoms with Crippen LogP contribution in [0.25, 0.3) is 21.0 Å². The Bertz CT molecular complexity index is 1480. The van der Waals surface area contributed by atoms with E-state index >= 15 is 0 Å². The number of aryl methyl sites for hydroxylation is 1. The number of nitrogens with zero attached hydrogens (tertiary/aromatic N) is 1. The van der Waals surface area contributed by atoms with Crippen LogP contribution in [0.4, 0.5) is 18.9 Å². The summed E-state index contributed by atoms with van der Waals surface area (Å²) in [6, 6.07) is 13.6. The van der Waals surface area contributed by atoms with Crippen molar-refractivity contribution < 1.29 is 18.0 Å². The zero-order chi connectivity index (χ0) is 24.7. The molecular weight excluding hydrogens is 495 g/mol. The third-order valence-corrected chi connectivity index (χ3v) is 7.33. The molecule has 1 aliphatic rings. The third kappa shape index (κ3) is 5.13. The SMILES string of the molecule is Cc1ccc2cc(C(=O)N[C@@H]3CC=C(Nc4cc(C(F)(F)F)nc5ccc(Cl)cc45)CC3)sc2c1. The summed E-state index contributed by atoms with van der Waals surface area (Å²) in [7, 11) is 0. The number of alkyl halides is 3. The molecule has 2 aromatic carbocycles. The number of halogens is 4. The van der Waals surface area contributed by atoms with Gasteiger partial charge in [-0.3, -0.25) is 4.79 Å². The van der Waals surface area contributed by atoms with E-state index in [4.69, 9.17) is 11.6 Å². The summed E-state index contributed by atoms with van der Waals surface area (Å²) < 4.78 is 41.2. The first-order chi connectivity index (χ1) is 16.7. The van der Waals surface area contributed by atoms with Gasteiger partial charge in [-0.2, -0.15) is 13.2 Å². The largest absolute Gasteiger partial charge is 0.433 e. The zero-order valence-corrected chi connectivity index (χ0v) is 20.2. The van der Waals surface area contributed by atoms with Gasteiger partial charge in [-0.25, -0.2) is 4.98 Å². The van der Waals surface area contributed by atoms with Gasteiger partial charge in [0, 0.05) is 32.5 Å². The van der Waals surface area contributed by atoms with Crippen LogP contribution in [0.5, 0.6) is 0 Å². The van der Waals surface area contributed by atoms with Crippen molar-refractivity contribution in [2.45, 2.75) is 38.4 Å². The normalized spacial score (nSPS) is 16.4. The highest BCUT2D eigenvalue weighted by Gasteiger charge is 2.33. The minimum Gasteiger partial charge on any atom is -0.359 e. The molecule has 0 aliphatic heterocycles. The number of hydrogen-bond donors (Lipinski definition) is 2. The maximum Gasteiger partial charge on any atom is 0.433 e. The van der Waals surface area contributed by atoms with E-state index in [9.17, 15) is 18.0 Å². The average molecular weight is 516 g/mol. The van der Waals surface area contributed by atoms with Crippen LogP contribution in [-0.4, -0.2) is 16.9 Å². The predicted octanol–water partition coefficient (Wildman–Crippen LogP) is 7.71. The molecule has 0 radical (unpaired) electrons. The van der Waals surface area contributed by atoms with Crippen molar-refractivity contribution in [1.29, 1.82) is 0 Å². The van der Waals surface area contributed by atoms with Crippen LogP contribution in [0.2, 0.25) is 5.02 Å². The second kappa shape index (κ2) is 9.17. The lowest BCUT2D eigenvalue weighted by Crippen LogP contribution is -2.35. The molecule has 1 amide bonds. The average Bonchev–Trinajstić information content (AvgIpc) is 3.23. The van der Waals surface area contributed by atoms with Gasteiger partial charge in [0.25, 0.3) is 5.91 Å². The Morgan fingerprint density at radius 3 is 2.71 bits per heavy atom.